The molecule has 0 aromatic rings. The van der Waals surface area contributed by atoms with E-state index in [-0.39, 0.29) is 18.1 Å². The molecule has 20 heavy (non-hydrogen) atoms. The molecule has 114 valence electrons. The van der Waals surface area contributed by atoms with Crippen molar-refractivity contribution in [3.05, 3.63) is 0 Å². The summed E-state index contributed by atoms with van der Waals surface area (Å²) in [5, 5.41) is 20.5. The number of rotatable bonds is 3. The number of nitrogens with zero attached hydrogens (tertiary/aromatic N) is 1. The highest BCUT2D eigenvalue weighted by atomic mass is 16.3. The van der Waals surface area contributed by atoms with Crippen LogP contribution in [0.1, 0.15) is 51.9 Å². The molecule has 1 saturated heterocycles. The number of hydrogen-bond acceptors (Lipinski definition) is 4. The summed E-state index contributed by atoms with van der Waals surface area (Å²) in [6.07, 6.45) is 5.56. The molecule has 4 nitrogen and oxygen atoms in total. The SMILES string of the molecule is C[C@H]1C[C@@H]2CC(=O)C[C@@]3(C1)N(CCCO)CCC[C@@]23O. The predicted octanol–water partition coefficient (Wildman–Crippen LogP) is 1.34. The van der Waals surface area contributed by atoms with Gasteiger partial charge in [-0.1, -0.05) is 6.92 Å². The minimum Gasteiger partial charge on any atom is -0.396 e. The van der Waals surface area contributed by atoms with E-state index in [1.165, 1.54) is 0 Å². The van der Waals surface area contributed by atoms with Gasteiger partial charge in [0.2, 0.25) is 0 Å². The third-order valence-electron chi connectivity index (χ3n) is 6.00. The fourth-order valence-electron chi connectivity index (χ4n) is 5.34. The first-order chi connectivity index (χ1) is 9.52. The molecular weight excluding hydrogens is 254 g/mol. The zero-order valence-electron chi connectivity index (χ0n) is 12.5. The first kappa shape index (κ1) is 14.5. The summed E-state index contributed by atoms with van der Waals surface area (Å²) in [5.74, 6) is 1.04. The number of Topliss-reactive ketones (excluding diaryl/α,β-unsaturated/α-hetero) is 1. The van der Waals surface area contributed by atoms with Crippen molar-refractivity contribution in [2.75, 3.05) is 19.7 Å². The number of piperidine rings is 1. The molecule has 4 atom stereocenters. The van der Waals surface area contributed by atoms with Gasteiger partial charge >= 0.3 is 0 Å². The summed E-state index contributed by atoms with van der Waals surface area (Å²) in [6, 6.07) is 0. The molecular formula is C16H27NO3. The van der Waals surface area contributed by atoms with Crippen LogP contribution in [0.25, 0.3) is 0 Å². The van der Waals surface area contributed by atoms with Crippen LogP contribution in [-0.4, -0.2) is 51.7 Å². The van der Waals surface area contributed by atoms with Crippen LogP contribution in [0.15, 0.2) is 0 Å². The van der Waals surface area contributed by atoms with Gasteiger partial charge < -0.3 is 10.2 Å². The summed E-state index contributed by atoms with van der Waals surface area (Å²) in [7, 11) is 0. The molecule has 3 rings (SSSR count). The lowest BCUT2D eigenvalue weighted by molar-refractivity contribution is -0.222. The molecule has 2 aliphatic carbocycles. The average Bonchev–Trinajstić information content (AvgIpc) is 2.36. The third-order valence-corrected chi connectivity index (χ3v) is 6.00. The summed E-state index contributed by atoms with van der Waals surface area (Å²) >= 11 is 0. The van der Waals surface area contributed by atoms with Crippen LogP contribution in [0.2, 0.25) is 0 Å². The lowest BCUT2D eigenvalue weighted by Gasteiger charge is -2.65. The maximum Gasteiger partial charge on any atom is 0.135 e. The van der Waals surface area contributed by atoms with E-state index in [0.717, 1.165) is 45.2 Å². The third kappa shape index (κ3) is 1.96. The molecule has 4 heteroatoms. The molecule has 1 heterocycles. The zero-order chi connectivity index (χ0) is 14.4. The summed E-state index contributed by atoms with van der Waals surface area (Å²) in [4.78, 5) is 14.5. The molecule has 0 unspecified atom stereocenters. The van der Waals surface area contributed by atoms with Gasteiger partial charge in [0.25, 0.3) is 0 Å². The molecule has 1 aliphatic heterocycles. The molecule has 2 saturated carbocycles. The number of ketones is 1. The van der Waals surface area contributed by atoms with Gasteiger partial charge in [-0.05, 0) is 50.5 Å². The van der Waals surface area contributed by atoms with Crippen molar-refractivity contribution < 1.29 is 15.0 Å². The molecule has 0 radical (unpaired) electrons. The van der Waals surface area contributed by atoms with Crippen molar-refractivity contribution in [2.24, 2.45) is 11.8 Å². The Bertz CT molecular complexity index is 399. The van der Waals surface area contributed by atoms with Crippen LogP contribution in [0.5, 0.6) is 0 Å². The molecule has 0 amide bonds. The Labute approximate surface area is 121 Å². The maximum absolute atomic E-state index is 12.2. The van der Waals surface area contributed by atoms with Crippen molar-refractivity contribution in [1.29, 1.82) is 0 Å². The second-order valence-corrected chi connectivity index (χ2v) is 7.29. The van der Waals surface area contributed by atoms with Crippen LogP contribution < -0.4 is 0 Å². The van der Waals surface area contributed by atoms with Gasteiger partial charge in [0, 0.05) is 26.0 Å². The summed E-state index contributed by atoms with van der Waals surface area (Å²) < 4.78 is 0. The Morgan fingerprint density at radius 3 is 3.00 bits per heavy atom. The fourth-order valence-corrected chi connectivity index (χ4v) is 5.34. The van der Waals surface area contributed by atoms with Gasteiger partial charge in [-0.25, -0.2) is 0 Å². The normalized spacial score (nSPS) is 45.2. The summed E-state index contributed by atoms with van der Waals surface area (Å²) in [6.45, 7) is 4.18. The maximum atomic E-state index is 12.2. The quantitative estimate of drug-likeness (QED) is 0.819. The number of aliphatic hydroxyl groups excluding tert-OH is 1. The average molecular weight is 281 g/mol. The van der Waals surface area contributed by atoms with Gasteiger partial charge in [-0.3, -0.25) is 9.69 Å². The highest BCUT2D eigenvalue weighted by Gasteiger charge is 2.64. The van der Waals surface area contributed by atoms with Gasteiger partial charge in [0.05, 0.1) is 11.1 Å². The number of carbonyl (C=O) groups excluding carboxylic acids is 1. The van der Waals surface area contributed by atoms with E-state index >= 15 is 0 Å². The van der Waals surface area contributed by atoms with Gasteiger partial charge in [0.15, 0.2) is 0 Å². The van der Waals surface area contributed by atoms with Crippen molar-refractivity contribution in [3.8, 4) is 0 Å². The summed E-state index contributed by atoms with van der Waals surface area (Å²) in [5.41, 5.74) is -1.03. The predicted molar refractivity (Wildman–Crippen MR) is 76.3 cm³/mol. The smallest absolute Gasteiger partial charge is 0.135 e. The Morgan fingerprint density at radius 1 is 1.45 bits per heavy atom. The zero-order valence-corrected chi connectivity index (χ0v) is 12.5. The monoisotopic (exact) mass is 281 g/mol. The van der Waals surface area contributed by atoms with Crippen molar-refractivity contribution in [1.82, 2.24) is 4.90 Å². The number of likely N-dealkylation sites (tertiary alicyclic amines) is 1. The highest BCUT2D eigenvalue weighted by molar-refractivity contribution is 5.82. The molecule has 2 bridgehead atoms. The van der Waals surface area contributed by atoms with Crippen molar-refractivity contribution in [3.63, 3.8) is 0 Å². The van der Waals surface area contributed by atoms with E-state index in [1.54, 1.807) is 0 Å². The Hall–Kier alpha value is -0.450. The van der Waals surface area contributed by atoms with E-state index in [1.807, 2.05) is 0 Å². The first-order valence-corrected chi connectivity index (χ1v) is 8.12. The first-order valence-electron chi connectivity index (χ1n) is 8.12. The van der Waals surface area contributed by atoms with Crippen LogP contribution >= 0.6 is 0 Å². The van der Waals surface area contributed by atoms with E-state index in [2.05, 4.69) is 11.8 Å². The lowest BCUT2D eigenvalue weighted by atomic mass is 9.51. The minimum atomic E-state index is -0.679. The minimum absolute atomic E-state index is 0.143. The van der Waals surface area contributed by atoms with E-state index in [4.69, 9.17) is 5.11 Å². The molecule has 0 spiro atoms. The van der Waals surface area contributed by atoms with Crippen LogP contribution in [0.3, 0.4) is 0 Å². The second-order valence-electron chi connectivity index (χ2n) is 7.29. The van der Waals surface area contributed by atoms with Crippen LogP contribution in [-0.2, 0) is 4.79 Å². The fraction of sp³-hybridized carbons (Fsp3) is 0.938. The van der Waals surface area contributed by atoms with Crippen LogP contribution in [0, 0.1) is 11.8 Å². The van der Waals surface area contributed by atoms with E-state index in [9.17, 15) is 9.90 Å². The topological polar surface area (TPSA) is 60.8 Å². The number of hydrogen-bond donors (Lipinski definition) is 2. The Kier molecular flexibility index (Phi) is 3.68. The largest absolute Gasteiger partial charge is 0.396 e. The van der Waals surface area contributed by atoms with E-state index < -0.39 is 5.60 Å². The highest BCUT2D eigenvalue weighted by Crippen LogP contribution is 2.57. The molecule has 0 aromatic carbocycles. The molecule has 3 fully saturated rings. The number of carbonyl (C=O) groups is 1. The van der Waals surface area contributed by atoms with E-state index in [0.29, 0.717) is 24.5 Å². The van der Waals surface area contributed by atoms with Crippen LogP contribution in [0.4, 0.5) is 0 Å². The van der Waals surface area contributed by atoms with Gasteiger partial charge in [0.1, 0.15) is 5.78 Å². The standard InChI is InChI=1S/C16H27NO3/c1-12-8-13-9-14(19)11-15(10-12)16(13,20)4-2-5-17(15)6-3-7-18/h12-13,18,20H,2-11H2,1H3/t12-,13+,15+,16+/m0/s1. The Morgan fingerprint density at radius 2 is 2.25 bits per heavy atom. The van der Waals surface area contributed by atoms with Crippen molar-refractivity contribution >= 4 is 5.78 Å². The molecule has 0 aromatic heterocycles. The lowest BCUT2D eigenvalue weighted by Crippen LogP contribution is -2.75. The Balaban J connectivity index is 1.97. The van der Waals surface area contributed by atoms with Gasteiger partial charge in [-0.2, -0.15) is 0 Å². The number of aliphatic hydroxyl groups is 2. The molecule has 2 N–H and O–H groups in total. The van der Waals surface area contributed by atoms with Crippen molar-refractivity contribution in [2.45, 2.75) is 63.0 Å². The van der Waals surface area contributed by atoms with Gasteiger partial charge in [-0.15, -0.1) is 0 Å². The molecule has 3 aliphatic rings. The second kappa shape index (κ2) is 5.08.